The number of pyridine rings is 1. The summed E-state index contributed by atoms with van der Waals surface area (Å²) in [5, 5.41) is 0.386. The molecule has 0 aliphatic rings. The van der Waals surface area contributed by atoms with Gasteiger partial charge in [-0.3, -0.25) is 4.79 Å². The standard InChI is InChI=1S/C8H5Br2F2NO/c9-2-4-1-5(8(11)12)13-6(3-14)7(4)10/h1,3,8H,2H2. The zero-order valence-corrected chi connectivity index (χ0v) is 9.98. The van der Waals surface area contributed by atoms with E-state index in [4.69, 9.17) is 0 Å². The van der Waals surface area contributed by atoms with Crippen molar-refractivity contribution in [2.24, 2.45) is 0 Å². The van der Waals surface area contributed by atoms with Gasteiger partial charge in [0.2, 0.25) is 0 Å². The highest BCUT2D eigenvalue weighted by atomic mass is 79.9. The van der Waals surface area contributed by atoms with Gasteiger partial charge in [0.1, 0.15) is 11.4 Å². The molecule has 0 radical (unpaired) electrons. The largest absolute Gasteiger partial charge is 0.296 e. The Hall–Kier alpha value is -0.360. The summed E-state index contributed by atoms with van der Waals surface area (Å²) < 4.78 is 25.1. The van der Waals surface area contributed by atoms with Crippen LogP contribution in [0.3, 0.4) is 0 Å². The second-order valence-corrected chi connectivity index (χ2v) is 3.81. The van der Waals surface area contributed by atoms with Crippen LogP contribution in [0.4, 0.5) is 8.78 Å². The number of aromatic nitrogens is 1. The molecule has 0 saturated heterocycles. The van der Waals surface area contributed by atoms with Crippen LogP contribution in [0.25, 0.3) is 0 Å². The summed E-state index contributed by atoms with van der Waals surface area (Å²) in [4.78, 5) is 14.0. The lowest BCUT2D eigenvalue weighted by Crippen LogP contribution is -1.99. The fraction of sp³-hybridized carbons (Fsp3) is 0.250. The van der Waals surface area contributed by atoms with E-state index in [1.54, 1.807) is 0 Å². The molecule has 1 heterocycles. The highest BCUT2D eigenvalue weighted by Crippen LogP contribution is 2.26. The third-order valence-electron chi connectivity index (χ3n) is 1.56. The van der Waals surface area contributed by atoms with Gasteiger partial charge in [-0.1, -0.05) is 15.9 Å². The Balaban J connectivity index is 3.31. The minimum absolute atomic E-state index is 0.00255. The van der Waals surface area contributed by atoms with Crippen LogP contribution in [0.2, 0.25) is 0 Å². The third kappa shape index (κ3) is 2.36. The minimum atomic E-state index is -2.67. The molecule has 1 aromatic rings. The number of hydrogen-bond acceptors (Lipinski definition) is 2. The summed E-state index contributed by atoms with van der Waals surface area (Å²) in [6, 6.07) is 1.26. The molecule has 0 atom stereocenters. The minimum Gasteiger partial charge on any atom is -0.296 e. The summed E-state index contributed by atoms with van der Waals surface area (Å²) in [5.41, 5.74) is 0.194. The number of nitrogens with zero attached hydrogens (tertiary/aromatic N) is 1. The summed E-state index contributed by atoms with van der Waals surface area (Å²) in [6.07, 6.45) is -2.22. The number of halogens is 4. The molecule has 1 aromatic heterocycles. The quantitative estimate of drug-likeness (QED) is 0.628. The number of carbonyl (C=O) groups is 1. The molecule has 0 saturated carbocycles. The van der Waals surface area contributed by atoms with E-state index in [0.29, 0.717) is 21.7 Å². The van der Waals surface area contributed by atoms with Gasteiger partial charge >= 0.3 is 0 Å². The van der Waals surface area contributed by atoms with Gasteiger partial charge < -0.3 is 0 Å². The second kappa shape index (κ2) is 4.93. The molecule has 0 bridgehead atoms. The number of aldehydes is 1. The number of hydrogen-bond donors (Lipinski definition) is 0. The first-order chi connectivity index (χ1) is 6.60. The maximum atomic E-state index is 12.3. The second-order valence-electron chi connectivity index (χ2n) is 2.46. The lowest BCUT2D eigenvalue weighted by molar-refractivity contribution is 0.111. The predicted molar refractivity (Wildman–Crippen MR) is 54.9 cm³/mol. The fourth-order valence-electron chi connectivity index (χ4n) is 0.914. The van der Waals surface area contributed by atoms with Gasteiger partial charge in [-0.05, 0) is 27.6 Å². The van der Waals surface area contributed by atoms with Crippen molar-refractivity contribution >= 4 is 38.1 Å². The van der Waals surface area contributed by atoms with Crippen molar-refractivity contribution in [2.75, 3.05) is 0 Å². The average molecular weight is 329 g/mol. The predicted octanol–water partition coefficient (Wildman–Crippen LogP) is 3.49. The highest BCUT2D eigenvalue weighted by Gasteiger charge is 2.15. The number of carbonyl (C=O) groups excluding carboxylic acids is 1. The monoisotopic (exact) mass is 327 g/mol. The topological polar surface area (TPSA) is 30.0 Å². The molecule has 0 aliphatic carbocycles. The van der Waals surface area contributed by atoms with Gasteiger partial charge in [-0.25, -0.2) is 13.8 Å². The van der Waals surface area contributed by atoms with Crippen molar-refractivity contribution in [3.05, 3.63) is 27.5 Å². The Morgan fingerprint density at radius 1 is 1.57 bits per heavy atom. The Labute approximate surface area is 96.0 Å². The van der Waals surface area contributed by atoms with Gasteiger partial charge in [-0.2, -0.15) is 0 Å². The first kappa shape index (κ1) is 11.7. The van der Waals surface area contributed by atoms with E-state index in [2.05, 4.69) is 36.8 Å². The van der Waals surface area contributed by atoms with Crippen molar-refractivity contribution in [2.45, 2.75) is 11.8 Å². The van der Waals surface area contributed by atoms with E-state index < -0.39 is 6.43 Å². The summed E-state index contributed by atoms with van der Waals surface area (Å²) in [7, 11) is 0. The smallest absolute Gasteiger partial charge is 0.280 e. The van der Waals surface area contributed by atoms with Crippen molar-refractivity contribution < 1.29 is 13.6 Å². The molecule has 0 aliphatic heterocycles. The molecule has 0 unspecified atom stereocenters. The molecule has 76 valence electrons. The molecular formula is C8H5Br2F2NO. The van der Waals surface area contributed by atoms with E-state index in [1.165, 1.54) is 6.07 Å². The lowest BCUT2D eigenvalue weighted by Gasteiger charge is -2.06. The number of alkyl halides is 3. The van der Waals surface area contributed by atoms with Gasteiger partial charge in [0.25, 0.3) is 6.43 Å². The van der Waals surface area contributed by atoms with Crippen LogP contribution in [-0.4, -0.2) is 11.3 Å². The maximum Gasteiger partial charge on any atom is 0.280 e. The Morgan fingerprint density at radius 2 is 2.21 bits per heavy atom. The molecule has 0 aromatic carbocycles. The molecule has 14 heavy (non-hydrogen) atoms. The first-order valence-corrected chi connectivity index (χ1v) is 5.50. The van der Waals surface area contributed by atoms with Crippen LogP contribution in [-0.2, 0) is 5.33 Å². The highest BCUT2D eigenvalue weighted by molar-refractivity contribution is 9.10. The zero-order chi connectivity index (χ0) is 10.7. The Morgan fingerprint density at radius 3 is 2.64 bits per heavy atom. The van der Waals surface area contributed by atoms with Crippen molar-refractivity contribution in [1.82, 2.24) is 4.98 Å². The fourth-order valence-corrected chi connectivity index (χ4v) is 2.17. The summed E-state index contributed by atoms with van der Waals surface area (Å²) >= 11 is 6.25. The Bertz CT molecular complexity index is 357. The summed E-state index contributed by atoms with van der Waals surface area (Å²) in [5.74, 6) is 0. The molecule has 0 N–H and O–H groups in total. The summed E-state index contributed by atoms with van der Waals surface area (Å²) in [6.45, 7) is 0. The molecule has 0 spiro atoms. The Kier molecular flexibility index (Phi) is 4.12. The van der Waals surface area contributed by atoms with Gasteiger partial charge in [0, 0.05) is 5.33 Å². The normalized spacial score (nSPS) is 10.6. The van der Waals surface area contributed by atoms with Gasteiger partial charge in [-0.15, -0.1) is 0 Å². The van der Waals surface area contributed by atoms with Crippen LogP contribution < -0.4 is 0 Å². The van der Waals surface area contributed by atoms with Crippen LogP contribution >= 0.6 is 31.9 Å². The molecular weight excluding hydrogens is 324 g/mol. The maximum absolute atomic E-state index is 12.3. The first-order valence-electron chi connectivity index (χ1n) is 3.58. The van der Waals surface area contributed by atoms with E-state index in [1.807, 2.05) is 0 Å². The van der Waals surface area contributed by atoms with Crippen molar-refractivity contribution in [3.63, 3.8) is 0 Å². The van der Waals surface area contributed by atoms with Crippen LogP contribution in [0.1, 0.15) is 28.2 Å². The van der Waals surface area contributed by atoms with E-state index >= 15 is 0 Å². The number of rotatable bonds is 3. The molecule has 1 rings (SSSR count). The van der Waals surface area contributed by atoms with Gasteiger partial charge in [0.15, 0.2) is 6.29 Å². The molecule has 0 amide bonds. The van der Waals surface area contributed by atoms with Crippen molar-refractivity contribution in [3.8, 4) is 0 Å². The van der Waals surface area contributed by atoms with Crippen LogP contribution in [0.15, 0.2) is 10.5 Å². The molecule has 0 fully saturated rings. The molecule has 6 heteroatoms. The zero-order valence-electron chi connectivity index (χ0n) is 6.81. The van der Waals surface area contributed by atoms with Crippen LogP contribution in [0.5, 0.6) is 0 Å². The third-order valence-corrected chi connectivity index (χ3v) is 3.08. The SMILES string of the molecule is O=Cc1nc(C(F)F)cc(CBr)c1Br. The molecule has 2 nitrogen and oxygen atoms in total. The van der Waals surface area contributed by atoms with Gasteiger partial charge in [0.05, 0.1) is 4.47 Å². The van der Waals surface area contributed by atoms with E-state index in [-0.39, 0.29) is 11.4 Å². The van der Waals surface area contributed by atoms with Crippen LogP contribution in [0, 0.1) is 0 Å². The lowest BCUT2D eigenvalue weighted by atomic mass is 10.2. The average Bonchev–Trinajstić information content (AvgIpc) is 2.17. The van der Waals surface area contributed by atoms with Crippen molar-refractivity contribution in [1.29, 1.82) is 0 Å². The van der Waals surface area contributed by atoms with E-state index in [9.17, 15) is 13.6 Å². The van der Waals surface area contributed by atoms with E-state index in [0.717, 1.165) is 0 Å².